The summed E-state index contributed by atoms with van der Waals surface area (Å²) in [5, 5.41) is 14.1. The molecule has 1 unspecified atom stereocenters. The van der Waals surface area contributed by atoms with E-state index in [0.717, 1.165) is 0 Å². The van der Waals surface area contributed by atoms with Crippen molar-refractivity contribution in [3.8, 4) is 0 Å². The average molecular weight is 216 g/mol. The number of hydrogen-bond donors (Lipinski definition) is 3. The Bertz CT molecular complexity index is 215. The summed E-state index contributed by atoms with van der Waals surface area (Å²) in [6.45, 7) is 5.33. The van der Waals surface area contributed by atoms with Gasteiger partial charge in [0.2, 0.25) is 11.8 Å². The van der Waals surface area contributed by atoms with Gasteiger partial charge in [0.05, 0.1) is 12.6 Å². The average Bonchev–Trinajstić information content (AvgIpc) is 2.10. The zero-order valence-electron chi connectivity index (χ0n) is 9.54. The van der Waals surface area contributed by atoms with Gasteiger partial charge in [0.1, 0.15) is 0 Å². The SMILES string of the molecule is CC(O)CCC(=O)NCC(=O)NC(C)C. The van der Waals surface area contributed by atoms with Crippen molar-refractivity contribution in [3.63, 3.8) is 0 Å². The van der Waals surface area contributed by atoms with Crippen LogP contribution in [-0.4, -0.2) is 35.6 Å². The lowest BCUT2D eigenvalue weighted by Gasteiger charge is -2.09. The number of amides is 2. The molecule has 5 nitrogen and oxygen atoms in total. The Morgan fingerprint density at radius 3 is 2.27 bits per heavy atom. The van der Waals surface area contributed by atoms with Crippen molar-refractivity contribution in [2.24, 2.45) is 0 Å². The Balaban J connectivity index is 3.58. The van der Waals surface area contributed by atoms with E-state index in [-0.39, 0.29) is 30.8 Å². The minimum atomic E-state index is -0.486. The van der Waals surface area contributed by atoms with Crippen LogP contribution in [0.5, 0.6) is 0 Å². The molecule has 3 N–H and O–H groups in total. The van der Waals surface area contributed by atoms with E-state index in [9.17, 15) is 9.59 Å². The van der Waals surface area contributed by atoms with Gasteiger partial charge in [0.25, 0.3) is 0 Å². The minimum absolute atomic E-state index is 0.00315. The van der Waals surface area contributed by atoms with Crippen LogP contribution in [0, 0.1) is 0 Å². The highest BCUT2D eigenvalue weighted by molar-refractivity contribution is 5.84. The molecule has 0 fully saturated rings. The Morgan fingerprint density at radius 1 is 1.20 bits per heavy atom. The molecule has 0 spiro atoms. The fourth-order valence-corrected chi connectivity index (χ4v) is 0.980. The molecule has 0 radical (unpaired) electrons. The van der Waals surface area contributed by atoms with Gasteiger partial charge in [0.15, 0.2) is 0 Å². The molecule has 0 saturated heterocycles. The maximum atomic E-state index is 11.1. The van der Waals surface area contributed by atoms with Crippen LogP contribution in [0.1, 0.15) is 33.6 Å². The molecule has 0 aliphatic carbocycles. The summed E-state index contributed by atoms with van der Waals surface area (Å²) in [4.78, 5) is 22.3. The van der Waals surface area contributed by atoms with E-state index in [4.69, 9.17) is 5.11 Å². The molecule has 0 aromatic rings. The smallest absolute Gasteiger partial charge is 0.239 e. The van der Waals surface area contributed by atoms with Crippen LogP contribution < -0.4 is 10.6 Å². The molecular weight excluding hydrogens is 196 g/mol. The highest BCUT2D eigenvalue weighted by Crippen LogP contribution is 1.94. The molecule has 88 valence electrons. The van der Waals surface area contributed by atoms with Crippen molar-refractivity contribution in [2.45, 2.75) is 45.8 Å². The second kappa shape index (κ2) is 7.23. The quantitative estimate of drug-likeness (QED) is 0.575. The third-order valence-corrected chi connectivity index (χ3v) is 1.68. The van der Waals surface area contributed by atoms with E-state index in [1.54, 1.807) is 6.92 Å². The van der Waals surface area contributed by atoms with Gasteiger partial charge in [-0.15, -0.1) is 0 Å². The first-order valence-electron chi connectivity index (χ1n) is 5.16. The van der Waals surface area contributed by atoms with Crippen molar-refractivity contribution in [2.75, 3.05) is 6.54 Å². The predicted molar refractivity (Wildman–Crippen MR) is 57.2 cm³/mol. The van der Waals surface area contributed by atoms with Crippen molar-refractivity contribution in [3.05, 3.63) is 0 Å². The summed E-state index contributed by atoms with van der Waals surface area (Å²) in [7, 11) is 0. The topological polar surface area (TPSA) is 78.4 Å². The van der Waals surface area contributed by atoms with Gasteiger partial charge in [-0.3, -0.25) is 9.59 Å². The van der Waals surface area contributed by atoms with E-state index in [0.29, 0.717) is 6.42 Å². The van der Waals surface area contributed by atoms with Crippen LogP contribution in [-0.2, 0) is 9.59 Å². The predicted octanol–water partition coefficient (Wildman–Crippen LogP) is -0.212. The number of aliphatic hydroxyl groups excluding tert-OH is 1. The van der Waals surface area contributed by atoms with Gasteiger partial charge in [-0.1, -0.05) is 0 Å². The van der Waals surface area contributed by atoms with Crippen LogP contribution in [0.2, 0.25) is 0 Å². The number of aliphatic hydroxyl groups is 1. The molecule has 0 aliphatic heterocycles. The second-order valence-corrected chi connectivity index (χ2v) is 3.89. The molecule has 0 aromatic carbocycles. The first-order valence-corrected chi connectivity index (χ1v) is 5.16. The molecule has 2 amide bonds. The summed E-state index contributed by atoms with van der Waals surface area (Å²) in [6, 6.07) is 0.0758. The van der Waals surface area contributed by atoms with Crippen LogP contribution in [0.25, 0.3) is 0 Å². The molecule has 0 saturated carbocycles. The first kappa shape index (κ1) is 13.9. The van der Waals surface area contributed by atoms with Crippen molar-refractivity contribution in [1.29, 1.82) is 0 Å². The molecule has 0 heterocycles. The second-order valence-electron chi connectivity index (χ2n) is 3.89. The largest absolute Gasteiger partial charge is 0.393 e. The number of nitrogens with one attached hydrogen (secondary N) is 2. The highest BCUT2D eigenvalue weighted by atomic mass is 16.3. The molecule has 0 rings (SSSR count). The molecule has 0 bridgehead atoms. The lowest BCUT2D eigenvalue weighted by atomic mass is 10.2. The van der Waals surface area contributed by atoms with E-state index in [2.05, 4.69) is 10.6 Å². The van der Waals surface area contributed by atoms with E-state index in [1.165, 1.54) is 0 Å². The van der Waals surface area contributed by atoms with Gasteiger partial charge in [-0.2, -0.15) is 0 Å². The normalized spacial score (nSPS) is 12.3. The van der Waals surface area contributed by atoms with Crippen LogP contribution in [0.15, 0.2) is 0 Å². The van der Waals surface area contributed by atoms with Crippen molar-refractivity contribution >= 4 is 11.8 Å². The van der Waals surface area contributed by atoms with E-state index < -0.39 is 6.10 Å². The molecule has 1 atom stereocenters. The molecule has 15 heavy (non-hydrogen) atoms. The first-order chi connectivity index (χ1) is 6.91. The number of carbonyl (C=O) groups is 2. The third-order valence-electron chi connectivity index (χ3n) is 1.68. The monoisotopic (exact) mass is 216 g/mol. The van der Waals surface area contributed by atoms with Gasteiger partial charge in [-0.05, 0) is 27.2 Å². The number of carbonyl (C=O) groups excluding carboxylic acids is 2. The van der Waals surface area contributed by atoms with Crippen molar-refractivity contribution in [1.82, 2.24) is 10.6 Å². The zero-order valence-corrected chi connectivity index (χ0v) is 9.54. The van der Waals surface area contributed by atoms with Gasteiger partial charge >= 0.3 is 0 Å². The number of hydrogen-bond acceptors (Lipinski definition) is 3. The molecule has 5 heteroatoms. The van der Waals surface area contributed by atoms with Gasteiger partial charge in [-0.25, -0.2) is 0 Å². The standard InChI is InChI=1S/C10H20N2O3/c1-7(2)12-10(15)6-11-9(14)5-4-8(3)13/h7-8,13H,4-6H2,1-3H3,(H,11,14)(H,12,15). The Kier molecular flexibility index (Phi) is 6.70. The van der Waals surface area contributed by atoms with E-state index >= 15 is 0 Å². The number of rotatable bonds is 6. The summed E-state index contributed by atoms with van der Waals surface area (Å²) in [6.07, 6.45) is 0.171. The van der Waals surface area contributed by atoms with Crippen LogP contribution in [0.4, 0.5) is 0 Å². The fourth-order valence-electron chi connectivity index (χ4n) is 0.980. The van der Waals surface area contributed by atoms with Crippen LogP contribution >= 0.6 is 0 Å². The maximum absolute atomic E-state index is 11.1. The molecular formula is C10H20N2O3. The van der Waals surface area contributed by atoms with Crippen LogP contribution in [0.3, 0.4) is 0 Å². The minimum Gasteiger partial charge on any atom is -0.393 e. The Hall–Kier alpha value is -1.10. The summed E-state index contributed by atoms with van der Waals surface area (Å²) >= 11 is 0. The third kappa shape index (κ3) is 9.21. The van der Waals surface area contributed by atoms with Gasteiger partial charge in [0, 0.05) is 12.5 Å². The molecule has 0 aromatic heterocycles. The zero-order chi connectivity index (χ0) is 11.8. The summed E-state index contributed by atoms with van der Waals surface area (Å²) in [5.74, 6) is -0.412. The fraction of sp³-hybridized carbons (Fsp3) is 0.800. The lowest BCUT2D eigenvalue weighted by Crippen LogP contribution is -2.39. The van der Waals surface area contributed by atoms with Gasteiger partial charge < -0.3 is 15.7 Å². The van der Waals surface area contributed by atoms with Crippen molar-refractivity contribution < 1.29 is 14.7 Å². The Labute approximate surface area is 90.2 Å². The maximum Gasteiger partial charge on any atom is 0.239 e. The lowest BCUT2D eigenvalue weighted by molar-refractivity contribution is -0.126. The summed E-state index contributed by atoms with van der Waals surface area (Å²) in [5.41, 5.74) is 0. The Morgan fingerprint density at radius 2 is 1.80 bits per heavy atom. The van der Waals surface area contributed by atoms with E-state index in [1.807, 2.05) is 13.8 Å². The summed E-state index contributed by atoms with van der Waals surface area (Å²) < 4.78 is 0. The molecule has 0 aliphatic rings. The highest BCUT2D eigenvalue weighted by Gasteiger charge is 2.07.